The van der Waals surface area contributed by atoms with Crippen LogP contribution in [0.5, 0.6) is 5.88 Å². The second-order valence-corrected chi connectivity index (χ2v) is 5.06. The zero-order valence-electron chi connectivity index (χ0n) is 11.8. The lowest BCUT2D eigenvalue weighted by Crippen LogP contribution is -2.20. The number of rotatable bonds is 3. The molecule has 7 heteroatoms. The number of aromatic hydroxyl groups is 1. The summed E-state index contributed by atoms with van der Waals surface area (Å²) in [6, 6.07) is 7.23. The van der Waals surface area contributed by atoms with Crippen LogP contribution >= 0.6 is 0 Å². The summed E-state index contributed by atoms with van der Waals surface area (Å²) < 4.78 is 1.70. The molecule has 0 saturated heterocycles. The summed E-state index contributed by atoms with van der Waals surface area (Å²) in [5.74, 6) is -2.13. The number of nitrogens with zero attached hydrogens (tertiary/aromatic N) is 3. The van der Waals surface area contributed by atoms with Crippen LogP contribution in [-0.2, 0) is 16.1 Å². The maximum absolute atomic E-state index is 11.1. The quantitative estimate of drug-likeness (QED) is 0.666. The number of carbonyl (C=O) groups is 2. The van der Waals surface area contributed by atoms with Crippen LogP contribution in [0, 0.1) is 5.92 Å². The van der Waals surface area contributed by atoms with Crippen LogP contribution in [0.25, 0.3) is 10.9 Å². The van der Waals surface area contributed by atoms with Crippen LogP contribution in [0.3, 0.4) is 0 Å². The van der Waals surface area contributed by atoms with Gasteiger partial charge >= 0.3 is 11.8 Å². The molecule has 0 aliphatic carbocycles. The topological polar surface area (TPSA) is 110 Å². The van der Waals surface area contributed by atoms with Crippen molar-refractivity contribution in [3.8, 4) is 5.88 Å². The van der Waals surface area contributed by atoms with Crippen LogP contribution in [-0.4, -0.2) is 21.5 Å². The van der Waals surface area contributed by atoms with E-state index in [1.807, 2.05) is 26.0 Å². The molecule has 7 nitrogen and oxygen atoms in total. The van der Waals surface area contributed by atoms with Crippen molar-refractivity contribution in [2.75, 3.05) is 0 Å². The molecule has 1 aromatic heterocycles. The van der Waals surface area contributed by atoms with E-state index in [9.17, 15) is 14.7 Å². The smallest absolute Gasteiger partial charge is 0.353 e. The predicted octanol–water partition coefficient (Wildman–Crippen LogP) is 2.10. The van der Waals surface area contributed by atoms with Crippen molar-refractivity contribution in [3.05, 3.63) is 24.3 Å². The number of hydrogen-bond acceptors (Lipinski definition) is 4. The number of azo groups is 1. The highest BCUT2D eigenvalue weighted by Crippen LogP contribution is 2.39. The van der Waals surface area contributed by atoms with Gasteiger partial charge < -0.3 is 15.4 Å². The van der Waals surface area contributed by atoms with E-state index in [1.165, 1.54) is 0 Å². The van der Waals surface area contributed by atoms with Gasteiger partial charge in [-0.05, 0) is 12.0 Å². The number of aromatic nitrogens is 1. The predicted molar refractivity (Wildman–Crippen MR) is 77.2 cm³/mol. The van der Waals surface area contributed by atoms with E-state index in [1.54, 1.807) is 16.7 Å². The number of hydrogen-bond donors (Lipinski definition) is 2. The van der Waals surface area contributed by atoms with Crippen LogP contribution in [0.4, 0.5) is 5.69 Å². The molecule has 1 aromatic carbocycles. The van der Waals surface area contributed by atoms with Crippen LogP contribution in [0.15, 0.2) is 34.5 Å². The fraction of sp³-hybridized carbons (Fsp3) is 0.286. The highest BCUT2D eigenvalue weighted by molar-refractivity contribution is 6.34. The SMILES string of the molecule is CC(C)Cn1c(O)c(N=NC(=O)C(N)=O)c2ccccc21. The van der Waals surface area contributed by atoms with Crippen molar-refractivity contribution in [1.82, 2.24) is 4.57 Å². The zero-order chi connectivity index (χ0) is 15.6. The third-order valence-corrected chi connectivity index (χ3v) is 2.92. The molecule has 0 saturated carbocycles. The van der Waals surface area contributed by atoms with Gasteiger partial charge in [-0.25, -0.2) is 0 Å². The summed E-state index contributed by atoms with van der Waals surface area (Å²) in [5.41, 5.74) is 5.75. The Labute approximate surface area is 121 Å². The molecule has 0 radical (unpaired) electrons. The first-order valence-corrected chi connectivity index (χ1v) is 6.47. The average Bonchev–Trinajstić information content (AvgIpc) is 2.69. The number of nitrogens with two attached hydrogens (primary N) is 1. The number of carbonyl (C=O) groups excluding carboxylic acids is 2. The maximum atomic E-state index is 11.1. The molecule has 0 fully saturated rings. The van der Waals surface area contributed by atoms with Gasteiger partial charge in [-0.15, -0.1) is 10.2 Å². The van der Waals surface area contributed by atoms with E-state index in [-0.39, 0.29) is 11.6 Å². The summed E-state index contributed by atoms with van der Waals surface area (Å²) in [4.78, 5) is 21.8. The van der Waals surface area contributed by atoms with Gasteiger partial charge in [0.2, 0.25) is 5.88 Å². The van der Waals surface area contributed by atoms with Gasteiger partial charge in [-0.2, -0.15) is 0 Å². The average molecular weight is 288 g/mol. The largest absolute Gasteiger partial charge is 0.493 e. The van der Waals surface area contributed by atoms with E-state index in [2.05, 4.69) is 10.2 Å². The number of amides is 2. The normalized spacial score (nSPS) is 11.6. The Kier molecular flexibility index (Phi) is 4.02. The van der Waals surface area contributed by atoms with Gasteiger partial charge in [0.05, 0.1) is 5.52 Å². The minimum absolute atomic E-state index is 0.0917. The van der Waals surface area contributed by atoms with Crippen molar-refractivity contribution >= 4 is 28.4 Å². The summed E-state index contributed by atoms with van der Waals surface area (Å²) in [6.07, 6.45) is 0. The Hall–Kier alpha value is -2.70. The Morgan fingerprint density at radius 1 is 1.33 bits per heavy atom. The fourth-order valence-electron chi connectivity index (χ4n) is 2.06. The molecule has 21 heavy (non-hydrogen) atoms. The van der Waals surface area contributed by atoms with Gasteiger partial charge in [0, 0.05) is 11.9 Å². The van der Waals surface area contributed by atoms with E-state index in [0.29, 0.717) is 17.8 Å². The fourth-order valence-corrected chi connectivity index (χ4v) is 2.06. The van der Waals surface area contributed by atoms with Crippen LogP contribution in [0.2, 0.25) is 0 Å². The monoisotopic (exact) mass is 288 g/mol. The first-order chi connectivity index (χ1) is 9.91. The number of fused-ring (bicyclic) bond motifs is 1. The molecular weight excluding hydrogens is 272 g/mol. The molecule has 0 aliphatic rings. The van der Waals surface area contributed by atoms with Gasteiger partial charge in [0.1, 0.15) is 0 Å². The van der Waals surface area contributed by atoms with Crippen molar-refractivity contribution in [3.63, 3.8) is 0 Å². The molecule has 0 unspecified atom stereocenters. The Bertz CT molecular complexity index is 731. The molecule has 0 bridgehead atoms. The Balaban J connectivity index is 2.56. The molecule has 0 atom stereocenters. The van der Waals surface area contributed by atoms with E-state index >= 15 is 0 Å². The minimum atomic E-state index is -1.19. The van der Waals surface area contributed by atoms with Gasteiger partial charge in [0.15, 0.2) is 5.69 Å². The Morgan fingerprint density at radius 3 is 2.62 bits per heavy atom. The number of primary amides is 1. The summed E-state index contributed by atoms with van der Waals surface area (Å²) >= 11 is 0. The summed E-state index contributed by atoms with van der Waals surface area (Å²) in [5, 5.41) is 17.9. The number of benzene rings is 1. The van der Waals surface area contributed by atoms with E-state index < -0.39 is 11.8 Å². The van der Waals surface area contributed by atoms with Gasteiger partial charge in [0.25, 0.3) is 0 Å². The second kappa shape index (κ2) is 5.74. The molecule has 2 amide bonds. The third kappa shape index (κ3) is 2.91. The molecule has 1 heterocycles. The van der Waals surface area contributed by atoms with Gasteiger partial charge in [-0.3, -0.25) is 9.59 Å². The number of para-hydroxylation sites is 1. The Morgan fingerprint density at radius 2 is 2.00 bits per heavy atom. The van der Waals surface area contributed by atoms with Crippen molar-refractivity contribution < 1.29 is 14.7 Å². The first-order valence-electron chi connectivity index (χ1n) is 6.47. The standard InChI is InChI=1S/C14H16N4O3/c1-8(2)7-18-10-6-4-3-5-9(10)11(14(18)21)16-17-13(20)12(15)19/h3-6,8,21H,7H2,1-2H3,(H2,15,19). The highest BCUT2D eigenvalue weighted by atomic mass is 16.3. The molecule has 2 rings (SSSR count). The molecule has 110 valence electrons. The molecule has 0 aliphatic heterocycles. The van der Waals surface area contributed by atoms with Gasteiger partial charge in [-0.1, -0.05) is 32.0 Å². The van der Waals surface area contributed by atoms with E-state index in [0.717, 1.165) is 5.52 Å². The van der Waals surface area contributed by atoms with E-state index in [4.69, 9.17) is 5.73 Å². The highest BCUT2D eigenvalue weighted by Gasteiger charge is 2.17. The van der Waals surface area contributed by atoms with Crippen LogP contribution in [0.1, 0.15) is 13.8 Å². The lowest BCUT2D eigenvalue weighted by atomic mass is 10.2. The third-order valence-electron chi connectivity index (χ3n) is 2.92. The maximum Gasteiger partial charge on any atom is 0.353 e. The minimum Gasteiger partial charge on any atom is -0.493 e. The van der Waals surface area contributed by atoms with Crippen molar-refractivity contribution in [2.24, 2.45) is 21.9 Å². The lowest BCUT2D eigenvalue weighted by molar-refractivity contribution is -0.135. The second-order valence-electron chi connectivity index (χ2n) is 5.06. The van der Waals surface area contributed by atoms with Crippen molar-refractivity contribution in [2.45, 2.75) is 20.4 Å². The first kappa shape index (κ1) is 14.7. The lowest BCUT2D eigenvalue weighted by Gasteiger charge is -2.09. The molecule has 2 aromatic rings. The molecule has 3 N–H and O–H groups in total. The summed E-state index contributed by atoms with van der Waals surface area (Å²) in [7, 11) is 0. The zero-order valence-corrected chi connectivity index (χ0v) is 11.8. The van der Waals surface area contributed by atoms with Crippen LogP contribution < -0.4 is 5.73 Å². The summed E-state index contributed by atoms with van der Waals surface area (Å²) in [6.45, 7) is 4.63. The van der Waals surface area contributed by atoms with Crippen molar-refractivity contribution in [1.29, 1.82) is 0 Å². The molecule has 0 spiro atoms. The molecular formula is C14H16N4O3.